The second-order valence-corrected chi connectivity index (χ2v) is 8.98. The minimum Gasteiger partial charge on any atom is -0.494 e. The fraction of sp³-hybridized carbons (Fsp3) is 0.185. The first-order chi connectivity index (χ1) is 17.4. The largest absolute Gasteiger partial charge is 0.494 e. The molecule has 3 aromatic carbocycles. The number of nitrogens with zero attached hydrogens (tertiary/aromatic N) is 3. The highest BCUT2D eigenvalue weighted by molar-refractivity contribution is 7.99. The van der Waals surface area contributed by atoms with E-state index in [9.17, 15) is 9.59 Å². The van der Waals surface area contributed by atoms with Gasteiger partial charge in [-0.15, -0.1) is 10.2 Å². The molecule has 1 aromatic heterocycles. The van der Waals surface area contributed by atoms with E-state index >= 15 is 0 Å². The van der Waals surface area contributed by atoms with Crippen LogP contribution in [0.5, 0.6) is 5.75 Å². The molecule has 0 radical (unpaired) electrons. The van der Waals surface area contributed by atoms with E-state index in [0.717, 1.165) is 22.6 Å². The van der Waals surface area contributed by atoms with Crippen molar-refractivity contribution in [2.24, 2.45) is 0 Å². The predicted molar refractivity (Wildman–Crippen MR) is 143 cm³/mol. The van der Waals surface area contributed by atoms with E-state index in [1.165, 1.54) is 18.7 Å². The van der Waals surface area contributed by atoms with E-state index in [-0.39, 0.29) is 17.6 Å². The van der Waals surface area contributed by atoms with Crippen molar-refractivity contribution in [1.82, 2.24) is 14.8 Å². The van der Waals surface area contributed by atoms with Crippen LogP contribution >= 0.6 is 11.8 Å². The average Bonchev–Trinajstić information content (AvgIpc) is 3.28. The molecule has 0 aliphatic carbocycles. The summed E-state index contributed by atoms with van der Waals surface area (Å²) in [5.74, 6) is 1.30. The Bertz CT molecular complexity index is 1350. The number of hydrogen-bond donors (Lipinski definition) is 2. The molecule has 0 atom stereocenters. The average molecular weight is 502 g/mol. The normalized spacial score (nSPS) is 10.6. The summed E-state index contributed by atoms with van der Waals surface area (Å²) < 4.78 is 7.53. The van der Waals surface area contributed by atoms with Crippen molar-refractivity contribution in [3.05, 3.63) is 78.4 Å². The Morgan fingerprint density at radius 3 is 2.28 bits per heavy atom. The maximum Gasteiger partial charge on any atom is 0.234 e. The van der Waals surface area contributed by atoms with Gasteiger partial charge in [-0.3, -0.25) is 14.2 Å². The van der Waals surface area contributed by atoms with Gasteiger partial charge < -0.3 is 15.4 Å². The van der Waals surface area contributed by atoms with E-state index in [0.29, 0.717) is 29.0 Å². The molecule has 36 heavy (non-hydrogen) atoms. The lowest BCUT2D eigenvalue weighted by Gasteiger charge is -2.12. The molecule has 0 saturated heterocycles. The van der Waals surface area contributed by atoms with Gasteiger partial charge in [0.05, 0.1) is 12.4 Å². The van der Waals surface area contributed by atoms with E-state index in [2.05, 4.69) is 26.9 Å². The number of nitrogens with one attached hydrogen (secondary N) is 2. The Labute approximate surface area is 214 Å². The van der Waals surface area contributed by atoms with Crippen LogP contribution in [0.2, 0.25) is 0 Å². The second-order valence-electron chi connectivity index (χ2n) is 8.03. The molecule has 0 spiro atoms. The number of amides is 2. The number of aromatic nitrogens is 3. The van der Waals surface area contributed by atoms with Crippen molar-refractivity contribution in [3.63, 3.8) is 0 Å². The SMILES string of the molecule is CCOc1ccc(-n2c(SCC(=O)Nc3ccc(NC(C)=O)cc3)nnc2-c2cccc(C)c2)cc1. The third kappa shape index (κ3) is 6.31. The fourth-order valence-corrected chi connectivity index (χ4v) is 4.34. The second kappa shape index (κ2) is 11.5. The summed E-state index contributed by atoms with van der Waals surface area (Å²) >= 11 is 1.30. The van der Waals surface area contributed by atoms with Gasteiger partial charge in [-0.05, 0) is 68.4 Å². The lowest BCUT2D eigenvalue weighted by molar-refractivity contribution is -0.114. The van der Waals surface area contributed by atoms with Gasteiger partial charge in [0.1, 0.15) is 5.75 Å². The number of rotatable bonds is 9. The van der Waals surface area contributed by atoms with Gasteiger partial charge in [-0.1, -0.05) is 35.5 Å². The van der Waals surface area contributed by atoms with E-state index in [1.54, 1.807) is 24.3 Å². The Hall–Kier alpha value is -4.11. The van der Waals surface area contributed by atoms with Gasteiger partial charge in [-0.2, -0.15) is 0 Å². The van der Waals surface area contributed by atoms with Crippen molar-refractivity contribution >= 4 is 35.0 Å². The zero-order valence-corrected chi connectivity index (χ0v) is 21.1. The van der Waals surface area contributed by atoms with Crippen LogP contribution in [-0.4, -0.2) is 38.9 Å². The van der Waals surface area contributed by atoms with Crippen molar-refractivity contribution < 1.29 is 14.3 Å². The molecule has 0 bridgehead atoms. The number of ether oxygens (including phenoxy) is 1. The molecule has 0 aliphatic heterocycles. The zero-order chi connectivity index (χ0) is 25.5. The lowest BCUT2D eigenvalue weighted by atomic mass is 10.1. The molecule has 2 N–H and O–H groups in total. The molecular formula is C27H27N5O3S. The van der Waals surface area contributed by atoms with E-state index in [4.69, 9.17) is 4.74 Å². The molecule has 2 amide bonds. The summed E-state index contributed by atoms with van der Waals surface area (Å²) in [6.07, 6.45) is 0. The maximum absolute atomic E-state index is 12.7. The third-order valence-electron chi connectivity index (χ3n) is 5.14. The first-order valence-electron chi connectivity index (χ1n) is 11.5. The number of carbonyl (C=O) groups excluding carboxylic acids is 2. The maximum atomic E-state index is 12.7. The van der Waals surface area contributed by atoms with Gasteiger partial charge >= 0.3 is 0 Å². The van der Waals surface area contributed by atoms with Crippen LogP contribution in [-0.2, 0) is 9.59 Å². The highest BCUT2D eigenvalue weighted by atomic mass is 32.2. The highest BCUT2D eigenvalue weighted by Crippen LogP contribution is 2.29. The van der Waals surface area contributed by atoms with Crippen LogP contribution < -0.4 is 15.4 Å². The minimum absolute atomic E-state index is 0.148. The molecule has 9 heteroatoms. The first kappa shape index (κ1) is 25.0. The van der Waals surface area contributed by atoms with Gasteiger partial charge in [0.25, 0.3) is 0 Å². The summed E-state index contributed by atoms with van der Waals surface area (Å²) in [6.45, 7) is 6.01. The lowest BCUT2D eigenvalue weighted by Crippen LogP contribution is -2.14. The number of benzene rings is 3. The predicted octanol–water partition coefficient (Wildman–Crippen LogP) is 5.33. The molecule has 8 nitrogen and oxygen atoms in total. The quantitative estimate of drug-likeness (QED) is 0.301. The minimum atomic E-state index is -0.175. The van der Waals surface area contributed by atoms with Crippen LogP contribution in [0.25, 0.3) is 17.1 Å². The monoisotopic (exact) mass is 501 g/mol. The molecule has 0 aliphatic rings. The van der Waals surface area contributed by atoms with Crippen molar-refractivity contribution in [3.8, 4) is 22.8 Å². The highest BCUT2D eigenvalue weighted by Gasteiger charge is 2.18. The number of aryl methyl sites for hydroxylation is 1. The van der Waals surface area contributed by atoms with Gasteiger partial charge in [0.15, 0.2) is 11.0 Å². The molecule has 0 unspecified atom stereocenters. The number of thioether (sulfide) groups is 1. The Morgan fingerprint density at radius 2 is 1.64 bits per heavy atom. The zero-order valence-electron chi connectivity index (χ0n) is 20.3. The van der Waals surface area contributed by atoms with E-state index < -0.39 is 0 Å². The topological polar surface area (TPSA) is 98.1 Å². The molecule has 184 valence electrons. The Morgan fingerprint density at radius 1 is 0.944 bits per heavy atom. The molecule has 4 aromatic rings. The number of anilines is 2. The van der Waals surface area contributed by atoms with E-state index in [1.807, 2.05) is 60.9 Å². The van der Waals surface area contributed by atoms with Crippen LogP contribution in [0, 0.1) is 6.92 Å². The molecule has 1 heterocycles. The summed E-state index contributed by atoms with van der Waals surface area (Å²) in [5, 5.41) is 15.0. The first-order valence-corrected chi connectivity index (χ1v) is 12.5. The van der Waals surface area contributed by atoms with Crippen molar-refractivity contribution in [2.75, 3.05) is 23.0 Å². The third-order valence-corrected chi connectivity index (χ3v) is 6.07. The van der Waals surface area contributed by atoms with Gasteiger partial charge in [0.2, 0.25) is 11.8 Å². The summed E-state index contributed by atoms with van der Waals surface area (Å²) in [6, 6.07) is 22.7. The summed E-state index contributed by atoms with van der Waals surface area (Å²) in [5.41, 5.74) is 4.24. The smallest absolute Gasteiger partial charge is 0.234 e. The molecule has 4 rings (SSSR count). The summed E-state index contributed by atoms with van der Waals surface area (Å²) in [7, 11) is 0. The fourth-order valence-electron chi connectivity index (χ4n) is 3.59. The molecule has 0 fully saturated rings. The summed E-state index contributed by atoms with van der Waals surface area (Å²) in [4.78, 5) is 23.8. The van der Waals surface area contributed by atoms with Gasteiger partial charge in [0, 0.05) is 29.5 Å². The van der Waals surface area contributed by atoms with Gasteiger partial charge in [-0.25, -0.2) is 0 Å². The van der Waals surface area contributed by atoms with Crippen LogP contribution in [0.3, 0.4) is 0 Å². The number of hydrogen-bond acceptors (Lipinski definition) is 6. The van der Waals surface area contributed by atoms with Crippen LogP contribution in [0.1, 0.15) is 19.4 Å². The van der Waals surface area contributed by atoms with Crippen molar-refractivity contribution in [2.45, 2.75) is 25.9 Å². The van der Waals surface area contributed by atoms with Crippen LogP contribution in [0.15, 0.2) is 78.0 Å². The molecule has 0 saturated carbocycles. The van der Waals surface area contributed by atoms with Crippen LogP contribution in [0.4, 0.5) is 11.4 Å². The van der Waals surface area contributed by atoms with Crippen molar-refractivity contribution in [1.29, 1.82) is 0 Å². The Balaban J connectivity index is 1.54. The molecular weight excluding hydrogens is 474 g/mol. The Kier molecular flexibility index (Phi) is 8.02. The standard InChI is InChI=1S/C27H27N5O3S/c1-4-35-24-14-12-23(13-15-24)32-26(20-7-5-6-18(2)16-20)30-31-27(32)36-17-25(34)29-22-10-8-21(9-11-22)28-19(3)33/h5-16H,4,17H2,1-3H3,(H,28,33)(H,29,34). The number of carbonyl (C=O) groups is 2.